The SMILES string of the molecule is CCCCN1CCC(=C(c2ccccc2)c2ccc(N)cc2)CC1. The van der Waals surface area contributed by atoms with Crippen LogP contribution in [0.5, 0.6) is 0 Å². The fraction of sp³-hybridized carbons (Fsp3) is 0.364. The van der Waals surface area contributed by atoms with Crippen molar-refractivity contribution in [2.75, 3.05) is 25.4 Å². The first-order valence-corrected chi connectivity index (χ1v) is 9.13. The second-order valence-corrected chi connectivity index (χ2v) is 6.66. The van der Waals surface area contributed by atoms with Gasteiger partial charge in [0, 0.05) is 18.8 Å². The first-order chi connectivity index (χ1) is 11.8. The lowest BCUT2D eigenvalue weighted by molar-refractivity contribution is 0.253. The highest BCUT2D eigenvalue weighted by Crippen LogP contribution is 2.32. The van der Waals surface area contributed by atoms with E-state index in [2.05, 4.69) is 54.3 Å². The summed E-state index contributed by atoms with van der Waals surface area (Å²) in [6.07, 6.45) is 4.92. The fourth-order valence-electron chi connectivity index (χ4n) is 3.51. The van der Waals surface area contributed by atoms with E-state index in [0.717, 1.165) is 18.5 Å². The summed E-state index contributed by atoms with van der Waals surface area (Å²) in [6, 6.07) is 19.1. The van der Waals surface area contributed by atoms with Gasteiger partial charge >= 0.3 is 0 Å². The zero-order valence-electron chi connectivity index (χ0n) is 14.7. The van der Waals surface area contributed by atoms with Crippen LogP contribution in [0.4, 0.5) is 5.69 Å². The van der Waals surface area contributed by atoms with E-state index in [1.54, 1.807) is 5.57 Å². The summed E-state index contributed by atoms with van der Waals surface area (Å²) in [5.74, 6) is 0. The van der Waals surface area contributed by atoms with Crippen molar-refractivity contribution in [3.8, 4) is 0 Å². The molecule has 1 aliphatic rings. The van der Waals surface area contributed by atoms with Crippen molar-refractivity contribution in [2.45, 2.75) is 32.6 Å². The summed E-state index contributed by atoms with van der Waals surface area (Å²) in [5.41, 5.74) is 12.3. The first-order valence-electron chi connectivity index (χ1n) is 9.13. The second-order valence-electron chi connectivity index (χ2n) is 6.66. The number of hydrogen-bond donors (Lipinski definition) is 1. The van der Waals surface area contributed by atoms with Crippen molar-refractivity contribution in [3.63, 3.8) is 0 Å². The third-order valence-corrected chi connectivity index (χ3v) is 4.90. The maximum Gasteiger partial charge on any atom is 0.0314 e. The summed E-state index contributed by atoms with van der Waals surface area (Å²) < 4.78 is 0. The lowest BCUT2D eigenvalue weighted by Gasteiger charge is -2.30. The molecule has 0 aromatic heterocycles. The molecule has 2 N–H and O–H groups in total. The van der Waals surface area contributed by atoms with E-state index in [1.165, 1.54) is 49.2 Å². The molecule has 24 heavy (non-hydrogen) atoms. The van der Waals surface area contributed by atoms with Crippen molar-refractivity contribution < 1.29 is 0 Å². The smallest absolute Gasteiger partial charge is 0.0314 e. The van der Waals surface area contributed by atoms with Crippen LogP contribution in [0.2, 0.25) is 0 Å². The molecule has 0 amide bonds. The van der Waals surface area contributed by atoms with E-state index in [-0.39, 0.29) is 0 Å². The zero-order valence-corrected chi connectivity index (χ0v) is 14.7. The first kappa shape index (κ1) is 16.8. The van der Waals surface area contributed by atoms with Gasteiger partial charge in [0.15, 0.2) is 0 Å². The summed E-state index contributed by atoms with van der Waals surface area (Å²) >= 11 is 0. The average molecular weight is 320 g/mol. The van der Waals surface area contributed by atoms with Crippen LogP contribution >= 0.6 is 0 Å². The predicted octanol–water partition coefficient (Wildman–Crippen LogP) is 4.97. The van der Waals surface area contributed by atoms with Crippen molar-refractivity contribution >= 4 is 11.3 Å². The molecule has 0 unspecified atom stereocenters. The number of nitrogen functional groups attached to an aromatic ring is 1. The van der Waals surface area contributed by atoms with Crippen molar-refractivity contribution in [3.05, 3.63) is 71.3 Å². The van der Waals surface area contributed by atoms with Gasteiger partial charge in [0.25, 0.3) is 0 Å². The summed E-state index contributed by atoms with van der Waals surface area (Å²) in [5, 5.41) is 0. The van der Waals surface area contributed by atoms with Crippen LogP contribution in [0, 0.1) is 0 Å². The Bertz CT molecular complexity index is 661. The van der Waals surface area contributed by atoms with Crippen LogP contribution in [0.15, 0.2) is 60.2 Å². The van der Waals surface area contributed by atoms with Crippen LogP contribution in [-0.4, -0.2) is 24.5 Å². The van der Waals surface area contributed by atoms with Gasteiger partial charge in [-0.25, -0.2) is 0 Å². The average Bonchev–Trinajstić information content (AvgIpc) is 2.64. The number of anilines is 1. The number of benzene rings is 2. The highest BCUT2D eigenvalue weighted by molar-refractivity contribution is 5.82. The number of unbranched alkanes of at least 4 members (excludes halogenated alkanes) is 1. The lowest BCUT2D eigenvalue weighted by Crippen LogP contribution is -2.31. The van der Waals surface area contributed by atoms with E-state index in [1.807, 2.05) is 12.1 Å². The van der Waals surface area contributed by atoms with Gasteiger partial charge in [-0.2, -0.15) is 0 Å². The topological polar surface area (TPSA) is 29.3 Å². The molecule has 0 bridgehead atoms. The standard InChI is InChI=1S/C22H28N2/c1-2-3-15-24-16-13-20(14-17-24)22(18-7-5-4-6-8-18)19-9-11-21(23)12-10-19/h4-12H,2-3,13-17,23H2,1H3. The normalized spacial score (nSPS) is 15.5. The number of nitrogens with two attached hydrogens (primary N) is 1. The molecule has 0 saturated carbocycles. The molecule has 2 nitrogen and oxygen atoms in total. The maximum absolute atomic E-state index is 5.89. The van der Waals surface area contributed by atoms with Crippen molar-refractivity contribution in [2.24, 2.45) is 0 Å². The van der Waals surface area contributed by atoms with Crippen LogP contribution in [-0.2, 0) is 0 Å². The third kappa shape index (κ3) is 4.07. The van der Waals surface area contributed by atoms with Gasteiger partial charge in [0.2, 0.25) is 0 Å². The Morgan fingerprint density at radius 3 is 2.17 bits per heavy atom. The summed E-state index contributed by atoms with van der Waals surface area (Å²) in [6.45, 7) is 5.87. The minimum Gasteiger partial charge on any atom is -0.399 e. The molecule has 2 aromatic carbocycles. The minimum absolute atomic E-state index is 0.825. The maximum atomic E-state index is 5.89. The second kappa shape index (κ2) is 8.16. The molecule has 3 rings (SSSR count). The molecule has 2 heteroatoms. The van der Waals surface area contributed by atoms with Crippen LogP contribution in [0.1, 0.15) is 43.7 Å². The van der Waals surface area contributed by atoms with Gasteiger partial charge in [0.1, 0.15) is 0 Å². The highest BCUT2D eigenvalue weighted by Gasteiger charge is 2.18. The quantitative estimate of drug-likeness (QED) is 0.788. The Morgan fingerprint density at radius 1 is 0.917 bits per heavy atom. The molecule has 1 aliphatic heterocycles. The van der Waals surface area contributed by atoms with Crippen LogP contribution < -0.4 is 5.73 Å². The predicted molar refractivity (Wildman–Crippen MR) is 104 cm³/mol. The van der Waals surface area contributed by atoms with Gasteiger partial charge in [-0.1, -0.05) is 61.4 Å². The van der Waals surface area contributed by atoms with Gasteiger partial charge in [0.05, 0.1) is 0 Å². The van der Waals surface area contributed by atoms with Gasteiger partial charge in [-0.3, -0.25) is 0 Å². The van der Waals surface area contributed by atoms with E-state index < -0.39 is 0 Å². The molecule has 2 aromatic rings. The van der Waals surface area contributed by atoms with Gasteiger partial charge in [-0.05, 0) is 54.6 Å². The number of rotatable bonds is 5. The molecule has 1 heterocycles. The van der Waals surface area contributed by atoms with Gasteiger partial charge in [-0.15, -0.1) is 0 Å². The zero-order chi connectivity index (χ0) is 16.8. The molecule has 0 aliphatic carbocycles. The molecule has 0 radical (unpaired) electrons. The molecule has 1 fully saturated rings. The summed E-state index contributed by atoms with van der Waals surface area (Å²) in [4.78, 5) is 2.61. The molecule has 1 saturated heterocycles. The Hall–Kier alpha value is -2.06. The molecule has 0 spiro atoms. The molecule has 126 valence electrons. The third-order valence-electron chi connectivity index (χ3n) is 4.90. The van der Waals surface area contributed by atoms with Crippen molar-refractivity contribution in [1.82, 2.24) is 4.90 Å². The van der Waals surface area contributed by atoms with E-state index >= 15 is 0 Å². The van der Waals surface area contributed by atoms with Crippen LogP contribution in [0.3, 0.4) is 0 Å². The monoisotopic (exact) mass is 320 g/mol. The molecule has 0 atom stereocenters. The van der Waals surface area contributed by atoms with Crippen molar-refractivity contribution in [1.29, 1.82) is 0 Å². The van der Waals surface area contributed by atoms with E-state index in [0.29, 0.717) is 0 Å². The van der Waals surface area contributed by atoms with Gasteiger partial charge < -0.3 is 10.6 Å². The fourth-order valence-corrected chi connectivity index (χ4v) is 3.51. The number of likely N-dealkylation sites (tertiary alicyclic amines) is 1. The Labute approximate surface area is 146 Å². The largest absolute Gasteiger partial charge is 0.399 e. The van der Waals surface area contributed by atoms with E-state index in [9.17, 15) is 0 Å². The van der Waals surface area contributed by atoms with E-state index in [4.69, 9.17) is 5.73 Å². The minimum atomic E-state index is 0.825. The highest BCUT2D eigenvalue weighted by atomic mass is 15.1. The lowest BCUT2D eigenvalue weighted by atomic mass is 9.88. The Balaban J connectivity index is 1.89. The Kier molecular flexibility index (Phi) is 5.71. The summed E-state index contributed by atoms with van der Waals surface area (Å²) in [7, 11) is 0. The number of hydrogen-bond acceptors (Lipinski definition) is 2. The number of nitrogens with zero attached hydrogens (tertiary/aromatic N) is 1. The molecular formula is C22H28N2. The van der Waals surface area contributed by atoms with Crippen LogP contribution in [0.25, 0.3) is 5.57 Å². The number of piperidine rings is 1. The Morgan fingerprint density at radius 2 is 1.54 bits per heavy atom. The molecular weight excluding hydrogens is 292 g/mol.